The molecule has 1 atom stereocenters. The molecule has 7 heteroatoms. The minimum atomic E-state index is -0.0901. The molecule has 1 aromatic carbocycles. The maximum Gasteiger partial charge on any atom is 0.322 e. The summed E-state index contributed by atoms with van der Waals surface area (Å²) in [6.45, 7) is 9.62. The van der Waals surface area contributed by atoms with Gasteiger partial charge in [-0.05, 0) is 56.2 Å². The van der Waals surface area contributed by atoms with Gasteiger partial charge in [-0.3, -0.25) is 9.69 Å². The molecule has 0 radical (unpaired) electrons. The van der Waals surface area contributed by atoms with Gasteiger partial charge in [-0.1, -0.05) is 6.07 Å². The van der Waals surface area contributed by atoms with Crippen LogP contribution in [0.1, 0.15) is 28.4 Å². The lowest BCUT2D eigenvalue weighted by Gasteiger charge is -2.36. The number of nitrogens with zero attached hydrogens (tertiary/aromatic N) is 4. The average molecular weight is 393 g/mol. The minimum Gasteiger partial charge on any atom is -0.353 e. The van der Waals surface area contributed by atoms with Crippen molar-refractivity contribution in [1.29, 1.82) is 0 Å². The van der Waals surface area contributed by atoms with Gasteiger partial charge in [0.05, 0.1) is 0 Å². The summed E-state index contributed by atoms with van der Waals surface area (Å²) < 4.78 is 0. The van der Waals surface area contributed by atoms with Crippen molar-refractivity contribution in [2.45, 2.75) is 26.8 Å². The van der Waals surface area contributed by atoms with Crippen molar-refractivity contribution >= 4 is 23.4 Å². The highest BCUT2D eigenvalue weighted by molar-refractivity contribution is 5.97. The quantitative estimate of drug-likeness (QED) is 0.870. The predicted molar refractivity (Wildman–Crippen MR) is 114 cm³/mol. The normalized spacial score (nSPS) is 19.5. The maximum absolute atomic E-state index is 12.9. The van der Waals surface area contributed by atoms with Gasteiger partial charge in [-0.15, -0.1) is 0 Å². The number of carbonyl (C=O) groups is 2. The van der Waals surface area contributed by atoms with Crippen molar-refractivity contribution in [3.05, 3.63) is 53.2 Å². The summed E-state index contributed by atoms with van der Waals surface area (Å²) in [5.41, 5.74) is 3.79. The molecule has 0 aliphatic carbocycles. The number of anilines is 2. The molecule has 1 unspecified atom stereocenters. The SMILES string of the molecule is Cc1cnc(N2CCN(C(=O)c3ccc(N4CC(C)NC4=O)cc3)CC2)c(C)c1. The van der Waals surface area contributed by atoms with E-state index in [0.717, 1.165) is 30.2 Å². The number of benzene rings is 1. The number of hydrogen-bond donors (Lipinski definition) is 1. The van der Waals surface area contributed by atoms with Crippen molar-refractivity contribution < 1.29 is 9.59 Å². The molecule has 7 nitrogen and oxygen atoms in total. The molecule has 4 rings (SSSR count). The van der Waals surface area contributed by atoms with E-state index in [9.17, 15) is 9.59 Å². The van der Waals surface area contributed by atoms with E-state index in [1.54, 1.807) is 4.90 Å². The van der Waals surface area contributed by atoms with Crippen LogP contribution in [0.15, 0.2) is 36.5 Å². The number of amides is 3. The zero-order valence-electron chi connectivity index (χ0n) is 17.2. The smallest absolute Gasteiger partial charge is 0.322 e. The second-order valence-corrected chi connectivity index (χ2v) is 7.94. The van der Waals surface area contributed by atoms with E-state index in [1.807, 2.05) is 49.2 Å². The molecule has 2 saturated heterocycles. The minimum absolute atomic E-state index is 0.0315. The van der Waals surface area contributed by atoms with Crippen LogP contribution in [0, 0.1) is 13.8 Å². The molecule has 0 bridgehead atoms. The Kier molecular flexibility index (Phi) is 5.13. The predicted octanol–water partition coefficient (Wildman–Crippen LogP) is 2.58. The maximum atomic E-state index is 12.9. The molecule has 0 saturated carbocycles. The van der Waals surface area contributed by atoms with Gasteiger partial charge < -0.3 is 15.1 Å². The number of urea groups is 1. The Morgan fingerprint density at radius 2 is 1.79 bits per heavy atom. The Balaban J connectivity index is 1.39. The van der Waals surface area contributed by atoms with Gasteiger partial charge in [0, 0.05) is 56.2 Å². The Labute approximate surface area is 171 Å². The lowest BCUT2D eigenvalue weighted by atomic mass is 10.1. The van der Waals surface area contributed by atoms with E-state index in [-0.39, 0.29) is 18.0 Å². The summed E-state index contributed by atoms with van der Waals surface area (Å²) in [4.78, 5) is 35.3. The first-order chi connectivity index (χ1) is 13.9. The third-order valence-electron chi connectivity index (χ3n) is 5.55. The number of aryl methyl sites for hydroxylation is 2. The van der Waals surface area contributed by atoms with Gasteiger partial charge in [0.1, 0.15) is 5.82 Å². The molecule has 2 aliphatic heterocycles. The summed E-state index contributed by atoms with van der Waals surface area (Å²) in [6.07, 6.45) is 1.89. The molecule has 3 heterocycles. The van der Waals surface area contributed by atoms with Crippen molar-refractivity contribution in [2.75, 3.05) is 42.5 Å². The Morgan fingerprint density at radius 3 is 2.38 bits per heavy atom. The summed E-state index contributed by atoms with van der Waals surface area (Å²) in [5.74, 6) is 1.04. The highest BCUT2D eigenvalue weighted by Gasteiger charge is 2.27. The number of rotatable bonds is 3. The van der Waals surface area contributed by atoms with Crippen LogP contribution in [-0.4, -0.2) is 60.6 Å². The van der Waals surface area contributed by atoms with Crippen LogP contribution in [0.25, 0.3) is 0 Å². The topological polar surface area (TPSA) is 68.8 Å². The van der Waals surface area contributed by atoms with Crippen LogP contribution in [0.5, 0.6) is 0 Å². The van der Waals surface area contributed by atoms with Crippen LogP contribution < -0.4 is 15.1 Å². The van der Waals surface area contributed by atoms with Gasteiger partial charge in [0.15, 0.2) is 0 Å². The Hall–Kier alpha value is -3.09. The molecule has 0 spiro atoms. The van der Waals surface area contributed by atoms with Crippen LogP contribution in [0.3, 0.4) is 0 Å². The Bertz CT molecular complexity index is 919. The summed E-state index contributed by atoms with van der Waals surface area (Å²) in [7, 11) is 0. The highest BCUT2D eigenvalue weighted by atomic mass is 16.2. The number of piperazine rings is 1. The van der Waals surface area contributed by atoms with Gasteiger partial charge in [-0.2, -0.15) is 0 Å². The highest BCUT2D eigenvalue weighted by Crippen LogP contribution is 2.22. The van der Waals surface area contributed by atoms with E-state index in [0.29, 0.717) is 25.2 Å². The lowest BCUT2D eigenvalue weighted by molar-refractivity contribution is 0.0746. The lowest BCUT2D eigenvalue weighted by Crippen LogP contribution is -2.49. The fourth-order valence-electron chi connectivity index (χ4n) is 4.04. The van der Waals surface area contributed by atoms with Crippen LogP contribution in [-0.2, 0) is 0 Å². The average Bonchev–Trinajstić information content (AvgIpc) is 3.06. The van der Waals surface area contributed by atoms with Crippen LogP contribution >= 0.6 is 0 Å². The molecular weight excluding hydrogens is 366 g/mol. The number of carbonyl (C=O) groups excluding carboxylic acids is 2. The largest absolute Gasteiger partial charge is 0.353 e. The fourth-order valence-corrected chi connectivity index (χ4v) is 4.04. The Morgan fingerprint density at radius 1 is 1.10 bits per heavy atom. The first-order valence-corrected chi connectivity index (χ1v) is 10.1. The monoisotopic (exact) mass is 393 g/mol. The number of pyridine rings is 1. The fraction of sp³-hybridized carbons (Fsp3) is 0.409. The van der Waals surface area contributed by atoms with Crippen molar-refractivity contribution in [1.82, 2.24) is 15.2 Å². The molecule has 2 aromatic rings. The molecule has 1 N–H and O–H groups in total. The molecular formula is C22H27N5O2. The first-order valence-electron chi connectivity index (χ1n) is 10.1. The van der Waals surface area contributed by atoms with Gasteiger partial charge in [0.2, 0.25) is 0 Å². The summed E-state index contributed by atoms with van der Waals surface area (Å²) in [6, 6.07) is 9.50. The summed E-state index contributed by atoms with van der Waals surface area (Å²) >= 11 is 0. The van der Waals surface area contributed by atoms with Crippen LogP contribution in [0.4, 0.5) is 16.3 Å². The zero-order chi connectivity index (χ0) is 20.5. The number of aromatic nitrogens is 1. The number of hydrogen-bond acceptors (Lipinski definition) is 4. The van der Waals surface area contributed by atoms with E-state index in [2.05, 4.69) is 28.2 Å². The van der Waals surface area contributed by atoms with Gasteiger partial charge >= 0.3 is 6.03 Å². The standard InChI is InChI=1S/C22H27N5O2/c1-15-12-16(2)20(23-13-15)25-8-10-26(11-9-25)21(28)18-4-6-19(7-5-18)27-14-17(3)24-22(27)29/h4-7,12-13,17H,8-11,14H2,1-3H3,(H,24,29). The second-order valence-electron chi connectivity index (χ2n) is 7.94. The van der Waals surface area contributed by atoms with E-state index in [4.69, 9.17) is 0 Å². The van der Waals surface area contributed by atoms with Crippen LogP contribution in [0.2, 0.25) is 0 Å². The zero-order valence-corrected chi connectivity index (χ0v) is 17.2. The molecule has 3 amide bonds. The molecule has 2 aliphatic rings. The number of nitrogens with one attached hydrogen (secondary N) is 1. The third kappa shape index (κ3) is 3.90. The molecule has 29 heavy (non-hydrogen) atoms. The molecule has 1 aromatic heterocycles. The first kappa shape index (κ1) is 19.2. The third-order valence-corrected chi connectivity index (χ3v) is 5.55. The van der Waals surface area contributed by atoms with E-state index < -0.39 is 0 Å². The van der Waals surface area contributed by atoms with Gasteiger partial charge in [0.25, 0.3) is 5.91 Å². The van der Waals surface area contributed by atoms with Gasteiger partial charge in [-0.25, -0.2) is 9.78 Å². The summed E-state index contributed by atoms with van der Waals surface area (Å²) in [5, 5.41) is 2.88. The van der Waals surface area contributed by atoms with Crippen molar-refractivity contribution in [3.63, 3.8) is 0 Å². The molecule has 2 fully saturated rings. The van der Waals surface area contributed by atoms with Crippen molar-refractivity contribution in [3.8, 4) is 0 Å². The van der Waals surface area contributed by atoms with Crippen molar-refractivity contribution in [2.24, 2.45) is 0 Å². The van der Waals surface area contributed by atoms with E-state index >= 15 is 0 Å². The molecule has 152 valence electrons. The second kappa shape index (κ2) is 7.73. The van der Waals surface area contributed by atoms with E-state index in [1.165, 1.54) is 5.56 Å².